The van der Waals surface area contributed by atoms with E-state index in [1.807, 2.05) is 56.3 Å². The van der Waals surface area contributed by atoms with Crippen molar-refractivity contribution < 1.29 is 14.0 Å². The molecule has 1 aromatic heterocycles. The molecule has 0 bridgehead atoms. The summed E-state index contributed by atoms with van der Waals surface area (Å²) in [4.78, 5) is 13.2. The maximum atomic E-state index is 13.8. The maximum Gasteiger partial charge on any atom is 0.196 e. The SMILES string of the molecule is Cc1cc(C(C)Nc2ccc(F)cc2C(N)=NO)c2oc(-c3ccccc3)c(C)c(=O)c2c1. The molecule has 0 saturated heterocycles. The van der Waals surface area contributed by atoms with Crippen LogP contribution in [0.1, 0.15) is 35.2 Å². The Morgan fingerprint density at radius 1 is 1.12 bits per heavy atom. The first-order chi connectivity index (χ1) is 15.8. The topological polar surface area (TPSA) is 101 Å². The highest BCUT2D eigenvalue weighted by Gasteiger charge is 2.20. The molecule has 0 radical (unpaired) electrons. The number of oxime groups is 1. The molecule has 4 N–H and O–H groups in total. The molecule has 168 valence electrons. The molecule has 0 spiro atoms. The number of hydrogen-bond donors (Lipinski definition) is 3. The summed E-state index contributed by atoms with van der Waals surface area (Å²) in [5, 5.41) is 15.9. The van der Waals surface area contributed by atoms with Crippen LogP contribution in [0.15, 0.2) is 75.0 Å². The summed E-state index contributed by atoms with van der Waals surface area (Å²) in [5.41, 5.74) is 9.85. The summed E-state index contributed by atoms with van der Waals surface area (Å²) in [7, 11) is 0. The van der Waals surface area contributed by atoms with Crippen LogP contribution in [0.5, 0.6) is 0 Å². The molecule has 0 aliphatic heterocycles. The standard InChI is InChI=1S/C26H24FN3O3/c1-14-11-19(16(3)29-22-10-9-18(27)13-20(22)26(28)30-32)25-21(12-14)23(31)15(2)24(33-25)17-7-5-4-6-8-17/h4-13,16,29,32H,1-3H3,(H2,28,30). The number of nitrogens with two attached hydrogens (primary N) is 1. The molecule has 4 rings (SSSR count). The quantitative estimate of drug-likeness (QED) is 0.163. The van der Waals surface area contributed by atoms with Gasteiger partial charge in [0, 0.05) is 27.9 Å². The minimum atomic E-state index is -0.509. The van der Waals surface area contributed by atoms with E-state index in [0.29, 0.717) is 28.0 Å². The number of amidine groups is 1. The molecule has 1 atom stereocenters. The first-order valence-corrected chi connectivity index (χ1v) is 10.5. The van der Waals surface area contributed by atoms with Crippen LogP contribution in [0.3, 0.4) is 0 Å². The van der Waals surface area contributed by atoms with E-state index in [4.69, 9.17) is 15.4 Å². The Hall–Kier alpha value is -4.13. The van der Waals surface area contributed by atoms with Crippen molar-refractivity contribution in [1.82, 2.24) is 0 Å². The minimum Gasteiger partial charge on any atom is -0.455 e. The van der Waals surface area contributed by atoms with Gasteiger partial charge in [-0.05, 0) is 50.6 Å². The lowest BCUT2D eigenvalue weighted by Gasteiger charge is -2.20. The average molecular weight is 445 g/mol. The second-order valence-electron chi connectivity index (χ2n) is 8.02. The van der Waals surface area contributed by atoms with Crippen LogP contribution >= 0.6 is 0 Å². The Kier molecular flexibility index (Phi) is 5.87. The van der Waals surface area contributed by atoms with Crippen molar-refractivity contribution in [2.24, 2.45) is 10.9 Å². The molecule has 0 saturated carbocycles. The summed E-state index contributed by atoms with van der Waals surface area (Å²) >= 11 is 0. The molecule has 6 nitrogen and oxygen atoms in total. The van der Waals surface area contributed by atoms with Gasteiger partial charge >= 0.3 is 0 Å². The van der Waals surface area contributed by atoms with Gasteiger partial charge in [0.15, 0.2) is 11.3 Å². The first kappa shape index (κ1) is 22.1. The van der Waals surface area contributed by atoms with Crippen molar-refractivity contribution in [3.05, 3.63) is 99.0 Å². The summed E-state index contributed by atoms with van der Waals surface area (Å²) in [5.74, 6) is -0.207. The van der Waals surface area contributed by atoms with Gasteiger partial charge in [-0.15, -0.1) is 0 Å². The molecule has 7 heteroatoms. The lowest BCUT2D eigenvalue weighted by atomic mass is 9.98. The molecule has 0 aliphatic carbocycles. The van der Waals surface area contributed by atoms with E-state index in [0.717, 1.165) is 16.7 Å². The van der Waals surface area contributed by atoms with Gasteiger partial charge in [0.2, 0.25) is 0 Å². The third-order valence-corrected chi connectivity index (χ3v) is 5.63. The van der Waals surface area contributed by atoms with Crippen molar-refractivity contribution in [3.8, 4) is 11.3 Å². The fraction of sp³-hybridized carbons (Fsp3) is 0.154. The Balaban J connectivity index is 1.88. The van der Waals surface area contributed by atoms with Gasteiger partial charge in [0.25, 0.3) is 0 Å². The van der Waals surface area contributed by atoms with E-state index in [9.17, 15) is 9.18 Å². The van der Waals surface area contributed by atoms with Gasteiger partial charge in [0.05, 0.1) is 11.4 Å². The van der Waals surface area contributed by atoms with E-state index in [1.165, 1.54) is 18.2 Å². The van der Waals surface area contributed by atoms with Crippen LogP contribution in [-0.4, -0.2) is 11.0 Å². The van der Waals surface area contributed by atoms with Gasteiger partial charge in [-0.1, -0.05) is 41.6 Å². The fourth-order valence-electron chi connectivity index (χ4n) is 3.97. The van der Waals surface area contributed by atoms with Crippen molar-refractivity contribution in [2.75, 3.05) is 5.32 Å². The molecular formula is C26H24FN3O3. The van der Waals surface area contributed by atoms with Crippen LogP contribution in [0.2, 0.25) is 0 Å². The largest absolute Gasteiger partial charge is 0.455 e. The number of halogens is 1. The fourth-order valence-corrected chi connectivity index (χ4v) is 3.97. The second-order valence-corrected chi connectivity index (χ2v) is 8.02. The van der Waals surface area contributed by atoms with E-state index in [1.54, 1.807) is 6.92 Å². The third-order valence-electron chi connectivity index (χ3n) is 5.63. The van der Waals surface area contributed by atoms with Crippen LogP contribution < -0.4 is 16.5 Å². The van der Waals surface area contributed by atoms with E-state index in [2.05, 4.69) is 10.5 Å². The van der Waals surface area contributed by atoms with Gasteiger partial charge in [0.1, 0.15) is 17.2 Å². The predicted octanol–water partition coefficient (Wildman–Crippen LogP) is 5.48. The molecule has 0 fully saturated rings. The Morgan fingerprint density at radius 3 is 2.55 bits per heavy atom. The summed E-state index contributed by atoms with van der Waals surface area (Å²) in [6.07, 6.45) is 0. The minimum absolute atomic E-state index is 0.0913. The summed E-state index contributed by atoms with van der Waals surface area (Å²) in [6.45, 7) is 5.57. The van der Waals surface area contributed by atoms with E-state index >= 15 is 0 Å². The zero-order valence-electron chi connectivity index (χ0n) is 18.5. The van der Waals surface area contributed by atoms with E-state index in [-0.39, 0.29) is 22.9 Å². The summed E-state index contributed by atoms with van der Waals surface area (Å²) in [6, 6.07) is 16.9. The predicted molar refractivity (Wildman–Crippen MR) is 128 cm³/mol. The normalized spacial score (nSPS) is 12.7. The number of rotatable bonds is 5. The summed E-state index contributed by atoms with van der Waals surface area (Å²) < 4.78 is 20.1. The Labute approximate surface area is 190 Å². The molecule has 33 heavy (non-hydrogen) atoms. The van der Waals surface area contributed by atoms with E-state index < -0.39 is 5.82 Å². The van der Waals surface area contributed by atoms with Crippen LogP contribution in [0.4, 0.5) is 10.1 Å². The second kappa shape index (κ2) is 8.78. The first-order valence-electron chi connectivity index (χ1n) is 10.5. The number of nitrogens with zero attached hydrogens (tertiary/aromatic N) is 1. The van der Waals surface area contributed by atoms with Gasteiger partial charge in [-0.3, -0.25) is 4.79 Å². The number of aryl methyl sites for hydroxylation is 1. The van der Waals surface area contributed by atoms with Crippen molar-refractivity contribution >= 4 is 22.5 Å². The average Bonchev–Trinajstić information content (AvgIpc) is 2.82. The van der Waals surface area contributed by atoms with Crippen LogP contribution in [0, 0.1) is 19.7 Å². The van der Waals surface area contributed by atoms with Crippen molar-refractivity contribution in [2.45, 2.75) is 26.8 Å². The highest BCUT2D eigenvalue weighted by atomic mass is 19.1. The van der Waals surface area contributed by atoms with Gasteiger partial charge < -0.3 is 20.7 Å². The maximum absolute atomic E-state index is 13.8. The van der Waals surface area contributed by atoms with Crippen molar-refractivity contribution in [3.63, 3.8) is 0 Å². The van der Waals surface area contributed by atoms with Crippen LogP contribution in [0.25, 0.3) is 22.3 Å². The monoisotopic (exact) mass is 445 g/mol. The highest BCUT2D eigenvalue weighted by Crippen LogP contribution is 2.32. The number of nitrogens with one attached hydrogen (secondary N) is 1. The number of fused-ring (bicyclic) bond motifs is 1. The van der Waals surface area contributed by atoms with Crippen molar-refractivity contribution in [1.29, 1.82) is 0 Å². The lowest BCUT2D eigenvalue weighted by Crippen LogP contribution is -2.18. The van der Waals surface area contributed by atoms with Gasteiger partial charge in [-0.25, -0.2) is 4.39 Å². The molecule has 0 aliphatic rings. The van der Waals surface area contributed by atoms with Gasteiger partial charge in [-0.2, -0.15) is 0 Å². The zero-order chi connectivity index (χ0) is 23.7. The highest BCUT2D eigenvalue weighted by molar-refractivity contribution is 6.02. The number of benzene rings is 3. The number of anilines is 1. The molecular weight excluding hydrogens is 421 g/mol. The lowest BCUT2D eigenvalue weighted by molar-refractivity contribution is 0.318. The smallest absolute Gasteiger partial charge is 0.196 e. The number of hydrogen-bond acceptors (Lipinski definition) is 5. The Bertz CT molecular complexity index is 1430. The zero-order valence-corrected chi connectivity index (χ0v) is 18.5. The third kappa shape index (κ3) is 4.17. The molecule has 4 aromatic rings. The van der Waals surface area contributed by atoms with Crippen LogP contribution in [-0.2, 0) is 0 Å². The molecule has 1 unspecified atom stereocenters. The molecule has 1 heterocycles. The molecule has 0 amide bonds. The molecule has 3 aromatic carbocycles. The Morgan fingerprint density at radius 2 is 1.85 bits per heavy atom.